The lowest BCUT2D eigenvalue weighted by molar-refractivity contribution is 0.0538. The predicted octanol–water partition coefficient (Wildman–Crippen LogP) is 4.04. The van der Waals surface area contributed by atoms with Crippen LogP contribution in [-0.2, 0) is 0 Å². The Kier molecular flexibility index (Phi) is 5.49. The number of para-hydroxylation sites is 2. The number of anilines is 1. The molecule has 1 aliphatic heterocycles. The van der Waals surface area contributed by atoms with E-state index in [1.54, 1.807) is 4.90 Å². The van der Waals surface area contributed by atoms with E-state index in [4.69, 9.17) is 4.42 Å². The molecule has 2 atom stereocenters. The first-order valence-electron chi connectivity index (χ1n) is 10.8. The number of halogens is 2. The molecular formula is C23H22F2N6O2. The second-order valence-electron chi connectivity index (χ2n) is 8.16. The topological polar surface area (TPSA) is 89.1 Å². The summed E-state index contributed by atoms with van der Waals surface area (Å²) in [5, 5.41) is 11.2. The van der Waals surface area contributed by atoms with Crippen LogP contribution in [0, 0.1) is 17.6 Å². The van der Waals surface area contributed by atoms with Gasteiger partial charge in [0.05, 0.1) is 24.0 Å². The number of aromatic nitrogens is 4. The smallest absolute Gasteiger partial charge is 0.295 e. The lowest BCUT2D eigenvalue weighted by Crippen LogP contribution is -2.51. The molecule has 2 aromatic heterocycles. The summed E-state index contributed by atoms with van der Waals surface area (Å²) in [6, 6.07) is 9.48. The van der Waals surface area contributed by atoms with Gasteiger partial charge in [0.25, 0.3) is 11.9 Å². The van der Waals surface area contributed by atoms with Gasteiger partial charge in [0.2, 0.25) is 0 Å². The minimum absolute atomic E-state index is 0.00561. The summed E-state index contributed by atoms with van der Waals surface area (Å²) in [6.07, 6.45) is 4.57. The summed E-state index contributed by atoms with van der Waals surface area (Å²) in [5.41, 5.74) is 1.50. The highest BCUT2D eigenvalue weighted by Gasteiger charge is 2.34. The van der Waals surface area contributed by atoms with Gasteiger partial charge in [-0.3, -0.25) is 4.79 Å². The van der Waals surface area contributed by atoms with E-state index in [0.717, 1.165) is 35.3 Å². The number of rotatable bonds is 5. The molecule has 3 heterocycles. The van der Waals surface area contributed by atoms with Gasteiger partial charge in [-0.2, -0.15) is 20.0 Å². The number of likely N-dealkylation sites (tertiary alicyclic amines) is 1. The molecule has 1 fully saturated rings. The molecule has 0 spiro atoms. The molecule has 1 saturated heterocycles. The van der Waals surface area contributed by atoms with E-state index in [-0.39, 0.29) is 23.2 Å². The van der Waals surface area contributed by atoms with Crippen molar-refractivity contribution in [2.24, 2.45) is 5.92 Å². The van der Waals surface area contributed by atoms with E-state index in [1.807, 2.05) is 24.3 Å². The SMILES string of the molecule is C[C@@H]1CCCN(C(=O)c2cc(F)c(F)cc2-n2nccn2)[C@@H]1CNc1nc2ccccc2o1. The first-order chi connectivity index (χ1) is 16.0. The molecule has 10 heteroatoms. The summed E-state index contributed by atoms with van der Waals surface area (Å²) < 4.78 is 33.9. The van der Waals surface area contributed by atoms with Gasteiger partial charge in [0.15, 0.2) is 17.2 Å². The van der Waals surface area contributed by atoms with Crippen LogP contribution in [0.3, 0.4) is 0 Å². The Morgan fingerprint density at radius 2 is 1.94 bits per heavy atom. The molecule has 0 saturated carbocycles. The highest BCUT2D eigenvalue weighted by atomic mass is 19.2. The number of nitrogens with one attached hydrogen (secondary N) is 1. The highest BCUT2D eigenvalue weighted by Crippen LogP contribution is 2.28. The fourth-order valence-electron chi connectivity index (χ4n) is 4.32. The molecule has 0 bridgehead atoms. The number of nitrogens with zero attached hydrogens (tertiary/aromatic N) is 5. The van der Waals surface area contributed by atoms with Crippen molar-refractivity contribution in [1.82, 2.24) is 24.9 Å². The zero-order valence-corrected chi connectivity index (χ0v) is 17.9. The number of oxazole rings is 1. The molecule has 4 aromatic rings. The summed E-state index contributed by atoms with van der Waals surface area (Å²) in [7, 11) is 0. The van der Waals surface area contributed by atoms with Crippen LogP contribution >= 0.6 is 0 Å². The zero-order chi connectivity index (χ0) is 22.9. The lowest BCUT2D eigenvalue weighted by atomic mass is 9.90. The van der Waals surface area contributed by atoms with Crippen LogP contribution in [0.1, 0.15) is 30.1 Å². The second-order valence-corrected chi connectivity index (χ2v) is 8.16. The maximum Gasteiger partial charge on any atom is 0.295 e. The summed E-state index contributed by atoms with van der Waals surface area (Å²) >= 11 is 0. The Morgan fingerprint density at radius 3 is 2.73 bits per heavy atom. The van der Waals surface area contributed by atoms with Crippen molar-refractivity contribution < 1.29 is 18.0 Å². The highest BCUT2D eigenvalue weighted by molar-refractivity contribution is 5.98. The third-order valence-corrected chi connectivity index (χ3v) is 6.04. The number of benzene rings is 2. The Labute approximate surface area is 188 Å². The van der Waals surface area contributed by atoms with Crippen LogP contribution < -0.4 is 5.32 Å². The van der Waals surface area contributed by atoms with Gasteiger partial charge >= 0.3 is 0 Å². The number of amides is 1. The Balaban J connectivity index is 1.43. The molecule has 0 unspecified atom stereocenters. The van der Waals surface area contributed by atoms with E-state index in [2.05, 4.69) is 27.4 Å². The Bertz CT molecular complexity index is 1260. The molecular weight excluding hydrogens is 430 g/mol. The molecule has 0 radical (unpaired) electrons. The van der Waals surface area contributed by atoms with E-state index in [0.29, 0.717) is 24.7 Å². The molecule has 170 valence electrons. The van der Waals surface area contributed by atoms with Gasteiger partial charge in [-0.25, -0.2) is 8.78 Å². The van der Waals surface area contributed by atoms with Gasteiger partial charge in [-0.05, 0) is 37.0 Å². The van der Waals surface area contributed by atoms with Crippen molar-refractivity contribution in [3.63, 3.8) is 0 Å². The molecule has 0 aliphatic carbocycles. The maximum atomic E-state index is 14.1. The van der Waals surface area contributed by atoms with E-state index in [9.17, 15) is 13.6 Å². The van der Waals surface area contributed by atoms with E-state index in [1.165, 1.54) is 12.4 Å². The summed E-state index contributed by atoms with van der Waals surface area (Å²) in [4.78, 5) is 20.8. The molecule has 1 amide bonds. The van der Waals surface area contributed by atoms with Crippen molar-refractivity contribution in [2.75, 3.05) is 18.4 Å². The van der Waals surface area contributed by atoms with Crippen molar-refractivity contribution in [3.8, 4) is 5.69 Å². The standard InChI is InChI=1S/C23H22F2N6O2/c1-14-5-4-10-30(20(14)13-26-23-29-18-6-2-3-7-21(18)33-23)22(32)15-11-16(24)17(25)12-19(15)31-27-8-9-28-31/h2-3,6-9,11-12,14,20H,4-5,10,13H2,1H3,(H,26,29)/t14-,20-/m1/s1. The second kappa shape index (κ2) is 8.61. The van der Waals surface area contributed by atoms with E-state index >= 15 is 0 Å². The van der Waals surface area contributed by atoms with Crippen LogP contribution in [0.2, 0.25) is 0 Å². The van der Waals surface area contributed by atoms with Crippen LogP contribution in [-0.4, -0.2) is 49.9 Å². The van der Waals surface area contributed by atoms with Crippen LogP contribution in [0.15, 0.2) is 53.2 Å². The van der Waals surface area contributed by atoms with Crippen molar-refractivity contribution in [1.29, 1.82) is 0 Å². The number of hydrogen-bond donors (Lipinski definition) is 1. The first-order valence-corrected chi connectivity index (χ1v) is 10.8. The lowest BCUT2D eigenvalue weighted by Gasteiger charge is -2.40. The third-order valence-electron chi connectivity index (χ3n) is 6.04. The molecule has 2 aromatic carbocycles. The van der Waals surface area contributed by atoms with Gasteiger partial charge in [0.1, 0.15) is 11.2 Å². The number of piperidine rings is 1. The molecule has 1 N–H and O–H groups in total. The monoisotopic (exact) mass is 452 g/mol. The minimum atomic E-state index is -1.10. The van der Waals surface area contributed by atoms with Gasteiger partial charge in [-0.1, -0.05) is 19.1 Å². The van der Waals surface area contributed by atoms with Gasteiger partial charge < -0.3 is 14.6 Å². The predicted molar refractivity (Wildman–Crippen MR) is 117 cm³/mol. The average Bonchev–Trinajstić information content (AvgIpc) is 3.49. The fourth-order valence-corrected chi connectivity index (χ4v) is 4.32. The first kappa shape index (κ1) is 21.0. The van der Waals surface area contributed by atoms with Crippen LogP contribution in [0.4, 0.5) is 14.8 Å². The third kappa shape index (κ3) is 4.04. The zero-order valence-electron chi connectivity index (χ0n) is 17.9. The van der Waals surface area contributed by atoms with E-state index < -0.39 is 17.5 Å². The normalized spacial score (nSPS) is 18.6. The van der Waals surface area contributed by atoms with Crippen molar-refractivity contribution in [3.05, 3.63) is 66.0 Å². The van der Waals surface area contributed by atoms with Crippen LogP contribution in [0.25, 0.3) is 16.8 Å². The number of fused-ring (bicyclic) bond motifs is 1. The summed E-state index contributed by atoms with van der Waals surface area (Å²) in [6.45, 7) is 2.96. The van der Waals surface area contributed by atoms with Crippen LogP contribution in [0.5, 0.6) is 0 Å². The van der Waals surface area contributed by atoms with Gasteiger partial charge in [0, 0.05) is 19.2 Å². The van der Waals surface area contributed by atoms with Gasteiger partial charge in [-0.15, -0.1) is 0 Å². The number of hydrogen-bond acceptors (Lipinski definition) is 6. The Hall–Kier alpha value is -3.82. The van der Waals surface area contributed by atoms with Crippen molar-refractivity contribution >= 4 is 23.0 Å². The number of carbonyl (C=O) groups excluding carboxylic acids is 1. The molecule has 33 heavy (non-hydrogen) atoms. The molecule has 8 nitrogen and oxygen atoms in total. The maximum absolute atomic E-state index is 14.1. The quantitative estimate of drug-likeness (QED) is 0.492. The molecule has 5 rings (SSSR count). The summed E-state index contributed by atoms with van der Waals surface area (Å²) in [5.74, 6) is -2.39. The fraction of sp³-hybridized carbons (Fsp3) is 0.304. The van der Waals surface area contributed by atoms with Crippen molar-refractivity contribution in [2.45, 2.75) is 25.8 Å². The average molecular weight is 452 g/mol. The largest absolute Gasteiger partial charge is 0.424 e. The molecule has 1 aliphatic rings. The Morgan fingerprint density at radius 1 is 1.18 bits per heavy atom. The minimum Gasteiger partial charge on any atom is -0.424 e. The number of carbonyl (C=O) groups is 1.